The summed E-state index contributed by atoms with van der Waals surface area (Å²) in [5, 5.41) is 7.25. The second-order valence-corrected chi connectivity index (χ2v) is 6.14. The molecule has 1 heterocycles. The molecular weight excluding hydrogens is 342 g/mol. The Morgan fingerprint density at radius 3 is 2.19 bits per heavy atom. The van der Waals surface area contributed by atoms with Gasteiger partial charge in [0.2, 0.25) is 0 Å². The normalized spacial score (nSPS) is 10.5. The van der Waals surface area contributed by atoms with Crippen molar-refractivity contribution in [2.45, 2.75) is 20.8 Å². The molecule has 0 saturated carbocycles. The molecule has 6 heteroatoms. The molecule has 0 spiro atoms. The molecule has 0 bridgehead atoms. The summed E-state index contributed by atoms with van der Waals surface area (Å²) in [6.45, 7) is 6.01. The first kappa shape index (κ1) is 18.4. The molecule has 3 rings (SSSR count). The van der Waals surface area contributed by atoms with Gasteiger partial charge < -0.3 is 10.1 Å². The van der Waals surface area contributed by atoms with Crippen molar-refractivity contribution in [3.05, 3.63) is 77.1 Å². The molecule has 138 valence electrons. The molecule has 0 atom stereocenters. The maximum absolute atomic E-state index is 12.4. The van der Waals surface area contributed by atoms with Crippen molar-refractivity contribution in [1.82, 2.24) is 9.78 Å². The third kappa shape index (κ3) is 4.23. The fourth-order valence-electron chi connectivity index (χ4n) is 2.75. The smallest absolute Gasteiger partial charge is 0.338 e. The number of anilines is 1. The standard InChI is InChI=1S/C21H21N3O3/c1-4-27-21(26)17-5-9-18(10-6-17)22-20(25)16-7-11-19(12-8-16)24-15(3)13-14(2)23-24/h5-13H,4H2,1-3H3,(H,22,25). The van der Waals surface area contributed by atoms with Crippen LogP contribution in [0.1, 0.15) is 39.0 Å². The van der Waals surface area contributed by atoms with Crippen LogP contribution in [0, 0.1) is 13.8 Å². The lowest BCUT2D eigenvalue weighted by atomic mass is 10.1. The summed E-state index contributed by atoms with van der Waals surface area (Å²) >= 11 is 0. The number of hydrogen-bond acceptors (Lipinski definition) is 4. The molecule has 0 unspecified atom stereocenters. The fraction of sp³-hybridized carbons (Fsp3) is 0.190. The number of rotatable bonds is 5. The zero-order chi connectivity index (χ0) is 19.4. The van der Waals surface area contributed by atoms with E-state index in [2.05, 4.69) is 10.4 Å². The summed E-state index contributed by atoms with van der Waals surface area (Å²) in [4.78, 5) is 24.1. The second kappa shape index (κ2) is 7.86. The van der Waals surface area contributed by atoms with Crippen LogP contribution in [-0.2, 0) is 4.74 Å². The van der Waals surface area contributed by atoms with Gasteiger partial charge >= 0.3 is 5.97 Å². The Bertz CT molecular complexity index is 957. The van der Waals surface area contributed by atoms with E-state index in [0.717, 1.165) is 17.1 Å². The molecule has 1 N–H and O–H groups in total. The number of benzene rings is 2. The van der Waals surface area contributed by atoms with Crippen molar-refractivity contribution in [1.29, 1.82) is 0 Å². The van der Waals surface area contributed by atoms with Crippen LogP contribution < -0.4 is 5.32 Å². The molecule has 0 aliphatic heterocycles. The molecule has 0 saturated heterocycles. The fourth-order valence-corrected chi connectivity index (χ4v) is 2.75. The van der Waals surface area contributed by atoms with Crippen LogP contribution in [0.15, 0.2) is 54.6 Å². The van der Waals surface area contributed by atoms with Crippen molar-refractivity contribution in [2.75, 3.05) is 11.9 Å². The largest absolute Gasteiger partial charge is 0.462 e. The maximum atomic E-state index is 12.4. The minimum absolute atomic E-state index is 0.223. The molecular formula is C21H21N3O3. The van der Waals surface area contributed by atoms with E-state index in [9.17, 15) is 9.59 Å². The average molecular weight is 363 g/mol. The Balaban J connectivity index is 1.69. The van der Waals surface area contributed by atoms with Gasteiger partial charge in [0.15, 0.2) is 0 Å². The first-order chi connectivity index (χ1) is 13.0. The van der Waals surface area contributed by atoms with Gasteiger partial charge in [-0.3, -0.25) is 4.79 Å². The molecule has 6 nitrogen and oxygen atoms in total. The highest BCUT2D eigenvalue weighted by molar-refractivity contribution is 6.04. The molecule has 0 aliphatic rings. The predicted molar refractivity (Wildman–Crippen MR) is 103 cm³/mol. The van der Waals surface area contributed by atoms with E-state index in [1.807, 2.05) is 36.7 Å². The third-order valence-corrected chi connectivity index (χ3v) is 4.04. The number of carbonyl (C=O) groups excluding carboxylic acids is 2. The van der Waals surface area contributed by atoms with Crippen molar-refractivity contribution < 1.29 is 14.3 Å². The minimum atomic E-state index is -0.380. The first-order valence-corrected chi connectivity index (χ1v) is 8.70. The monoisotopic (exact) mass is 363 g/mol. The number of ether oxygens (including phenoxy) is 1. The number of aryl methyl sites for hydroxylation is 2. The van der Waals surface area contributed by atoms with Gasteiger partial charge in [0.1, 0.15) is 0 Å². The minimum Gasteiger partial charge on any atom is -0.462 e. The van der Waals surface area contributed by atoms with E-state index in [4.69, 9.17) is 4.74 Å². The molecule has 0 radical (unpaired) electrons. The number of nitrogens with zero attached hydrogens (tertiary/aromatic N) is 2. The van der Waals surface area contributed by atoms with Gasteiger partial charge in [0.05, 0.1) is 23.6 Å². The van der Waals surface area contributed by atoms with Gasteiger partial charge in [-0.1, -0.05) is 0 Å². The second-order valence-electron chi connectivity index (χ2n) is 6.14. The van der Waals surface area contributed by atoms with Crippen molar-refractivity contribution in [3.8, 4) is 5.69 Å². The Labute approximate surface area is 157 Å². The lowest BCUT2D eigenvalue weighted by Crippen LogP contribution is -2.12. The highest BCUT2D eigenvalue weighted by Gasteiger charge is 2.10. The van der Waals surface area contributed by atoms with Crippen molar-refractivity contribution in [3.63, 3.8) is 0 Å². The zero-order valence-corrected chi connectivity index (χ0v) is 15.5. The lowest BCUT2D eigenvalue weighted by molar-refractivity contribution is 0.0526. The number of esters is 1. The van der Waals surface area contributed by atoms with Crippen LogP contribution in [0.25, 0.3) is 5.69 Å². The summed E-state index contributed by atoms with van der Waals surface area (Å²) in [7, 11) is 0. The van der Waals surface area contributed by atoms with E-state index in [0.29, 0.717) is 23.4 Å². The van der Waals surface area contributed by atoms with Gasteiger partial charge in [-0.05, 0) is 75.4 Å². The summed E-state index contributed by atoms with van der Waals surface area (Å²) < 4.78 is 6.78. The number of nitrogens with one attached hydrogen (secondary N) is 1. The topological polar surface area (TPSA) is 73.2 Å². The zero-order valence-electron chi connectivity index (χ0n) is 15.5. The van der Waals surface area contributed by atoms with Crippen LogP contribution in [0.4, 0.5) is 5.69 Å². The SMILES string of the molecule is CCOC(=O)c1ccc(NC(=O)c2ccc(-n3nc(C)cc3C)cc2)cc1. The molecule has 0 aliphatic carbocycles. The van der Waals surface area contributed by atoms with Crippen LogP contribution in [0.2, 0.25) is 0 Å². The number of carbonyl (C=O) groups is 2. The number of amides is 1. The van der Waals surface area contributed by atoms with E-state index in [1.54, 1.807) is 43.3 Å². The summed E-state index contributed by atoms with van der Waals surface area (Å²) in [5.74, 6) is -0.603. The van der Waals surface area contributed by atoms with Gasteiger partial charge in [-0.15, -0.1) is 0 Å². The molecule has 2 aromatic carbocycles. The maximum Gasteiger partial charge on any atom is 0.338 e. The van der Waals surface area contributed by atoms with Gasteiger partial charge in [0, 0.05) is 16.9 Å². The highest BCUT2D eigenvalue weighted by atomic mass is 16.5. The first-order valence-electron chi connectivity index (χ1n) is 8.70. The van der Waals surface area contributed by atoms with Crippen molar-refractivity contribution in [2.24, 2.45) is 0 Å². The van der Waals surface area contributed by atoms with Crippen molar-refractivity contribution >= 4 is 17.6 Å². The summed E-state index contributed by atoms with van der Waals surface area (Å²) in [5.41, 5.74) is 4.47. The number of aromatic nitrogens is 2. The summed E-state index contributed by atoms with van der Waals surface area (Å²) in [6.07, 6.45) is 0. The molecule has 1 aromatic heterocycles. The van der Waals surface area contributed by atoms with Gasteiger partial charge in [-0.2, -0.15) is 5.10 Å². The van der Waals surface area contributed by atoms with Crippen LogP contribution in [0.5, 0.6) is 0 Å². The average Bonchev–Trinajstić information content (AvgIpc) is 3.01. The molecule has 1 amide bonds. The molecule has 3 aromatic rings. The predicted octanol–water partition coefficient (Wildman–Crippen LogP) is 3.92. The van der Waals surface area contributed by atoms with E-state index < -0.39 is 0 Å². The lowest BCUT2D eigenvalue weighted by Gasteiger charge is -2.08. The van der Waals surface area contributed by atoms with E-state index >= 15 is 0 Å². The Morgan fingerprint density at radius 1 is 1.00 bits per heavy atom. The Morgan fingerprint density at radius 2 is 1.63 bits per heavy atom. The highest BCUT2D eigenvalue weighted by Crippen LogP contribution is 2.15. The van der Waals surface area contributed by atoms with Crippen LogP contribution >= 0.6 is 0 Å². The van der Waals surface area contributed by atoms with Crippen LogP contribution in [0.3, 0.4) is 0 Å². The Hall–Kier alpha value is -3.41. The quantitative estimate of drug-likeness (QED) is 0.698. The molecule has 0 fully saturated rings. The van der Waals surface area contributed by atoms with E-state index in [1.165, 1.54) is 0 Å². The summed E-state index contributed by atoms with van der Waals surface area (Å²) in [6, 6.07) is 15.8. The Kier molecular flexibility index (Phi) is 5.35. The van der Waals surface area contributed by atoms with Crippen LogP contribution in [-0.4, -0.2) is 28.3 Å². The van der Waals surface area contributed by atoms with Gasteiger partial charge in [-0.25, -0.2) is 9.48 Å². The number of hydrogen-bond donors (Lipinski definition) is 1. The van der Waals surface area contributed by atoms with Gasteiger partial charge in [0.25, 0.3) is 5.91 Å². The molecule has 27 heavy (non-hydrogen) atoms. The third-order valence-electron chi connectivity index (χ3n) is 4.04. The van der Waals surface area contributed by atoms with E-state index in [-0.39, 0.29) is 11.9 Å².